The number of hydrogen-bond acceptors (Lipinski definition) is 7. The highest BCUT2D eigenvalue weighted by atomic mass is 16.6. The number of nitrogens with one attached hydrogen (secondary N) is 1. The highest BCUT2D eigenvalue weighted by Crippen LogP contribution is 2.36. The number of hydrogen-bond donors (Lipinski definition) is 4. The van der Waals surface area contributed by atoms with Crippen molar-refractivity contribution < 1.29 is 24.9 Å². The number of H-pyrrole nitrogens is 1. The van der Waals surface area contributed by atoms with Gasteiger partial charge in [0, 0.05) is 12.3 Å². The Morgan fingerprint density at radius 2 is 2.20 bits per heavy atom. The molecular formula is C11H14N2O7. The third-order valence-corrected chi connectivity index (χ3v) is 3.37. The van der Waals surface area contributed by atoms with Gasteiger partial charge in [0.05, 0.1) is 6.61 Å². The Labute approximate surface area is 112 Å². The predicted octanol–water partition coefficient (Wildman–Crippen LogP) is -2.89. The van der Waals surface area contributed by atoms with Crippen LogP contribution in [0.1, 0.15) is 13.2 Å². The predicted molar refractivity (Wildman–Crippen MR) is 64.0 cm³/mol. The van der Waals surface area contributed by atoms with Crippen molar-refractivity contribution in [2.24, 2.45) is 0 Å². The first-order chi connectivity index (χ1) is 9.32. The summed E-state index contributed by atoms with van der Waals surface area (Å²) in [6.07, 6.45) is -3.47. The van der Waals surface area contributed by atoms with Crippen LogP contribution in [-0.4, -0.2) is 55.1 Å². The number of aliphatic hydroxyl groups excluding tert-OH is 2. The molecule has 0 saturated carbocycles. The van der Waals surface area contributed by atoms with E-state index < -0.39 is 47.7 Å². The Kier molecular flexibility index (Phi) is 3.61. The minimum atomic E-state index is -2.32. The van der Waals surface area contributed by atoms with Gasteiger partial charge in [0.25, 0.3) is 5.56 Å². The van der Waals surface area contributed by atoms with E-state index in [9.17, 15) is 24.6 Å². The van der Waals surface area contributed by atoms with Gasteiger partial charge in [-0.3, -0.25) is 19.1 Å². The molecule has 1 aromatic heterocycles. The van der Waals surface area contributed by atoms with Gasteiger partial charge < -0.3 is 20.1 Å². The zero-order chi connectivity index (χ0) is 15.1. The van der Waals surface area contributed by atoms with E-state index in [-0.39, 0.29) is 0 Å². The SMILES string of the molecule is CC(=O)[C@@]1(O)[C@@H](CO)O[C@@H](n2ccc(=O)[nH]c2=O)[C@@H]1O. The minimum absolute atomic E-state index is 0.640. The standard InChI is InChI=1S/C11H14N2O7/c1-5(15)11(19)6(4-14)20-9(8(11)17)13-3-2-7(16)12-10(13)18/h2-3,6,8-9,14,17,19H,4H2,1H3,(H,12,16,18)/t6-,8+,9-,11-/m1/s1. The van der Waals surface area contributed by atoms with E-state index in [1.807, 2.05) is 4.98 Å². The molecule has 1 fully saturated rings. The van der Waals surface area contributed by atoms with Crippen LogP contribution in [0, 0.1) is 0 Å². The van der Waals surface area contributed by atoms with Crippen LogP contribution in [0.5, 0.6) is 0 Å². The van der Waals surface area contributed by atoms with Crippen LogP contribution in [0.25, 0.3) is 0 Å². The summed E-state index contributed by atoms with van der Waals surface area (Å²) in [5.41, 5.74) is -3.83. The lowest BCUT2D eigenvalue weighted by Crippen LogP contribution is -2.54. The summed E-state index contributed by atoms with van der Waals surface area (Å²) in [4.78, 5) is 36.1. The molecule has 4 atom stereocenters. The smallest absolute Gasteiger partial charge is 0.330 e. The van der Waals surface area contributed by atoms with Crippen molar-refractivity contribution in [2.75, 3.05) is 6.61 Å². The summed E-state index contributed by atoms with van der Waals surface area (Å²) in [5.74, 6) is -0.802. The summed E-state index contributed by atoms with van der Waals surface area (Å²) >= 11 is 0. The van der Waals surface area contributed by atoms with Gasteiger partial charge in [-0.05, 0) is 6.92 Å². The fourth-order valence-electron chi connectivity index (χ4n) is 2.22. The summed E-state index contributed by atoms with van der Waals surface area (Å²) < 4.78 is 6.01. The van der Waals surface area contributed by atoms with Gasteiger partial charge in [0.15, 0.2) is 17.6 Å². The van der Waals surface area contributed by atoms with E-state index >= 15 is 0 Å². The van der Waals surface area contributed by atoms with Gasteiger partial charge in [-0.15, -0.1) is 0 Å². The number of aromatic nitrogens is 2. The second kappa shape index (κ2) is 4.94. The van der Waals surface area contributed by atoms with Crippen molar-refractivity contribution in [1.82, 2.24) is 9.55 Å². The Hall–Kier alpha value is -1.81. The van der Waals surface area contributed by atoms with Gasteiger partial charge in [-0.1, -0.05) is 0 Å². The molecule has 1 aliphatic rings. The summed E-state index contributed by atoms with van der Waals surface area (Å²) in [7, 11) is 0. The molecule has 2 rings (SSSR count). The lowest BCUT2D eigenvalue weighted by atomic mass is 9.88. The minimum Gasteiger partial charge on any atom is -0.394 e. The molecule has 9 nitrogen and oxygen atoms in total. The largest absolute Gasteiger partial charge is 0.394 e. The number of Topliss-reactive ketones (excluding diaryl/α,β-unsaturated/α-hetero) is 1. The van der Waals surface area contributed by atoms with E-state index in [0.29, 0.717) is 0 Å². The first kappa shape index (κ1) is 14.6. The maximum atomic E-state index is 11.6. The number of rotatable bonds is 3. The van der Waals surface area contributed by atoms with E-state index in [4.69, 9.17) is 9.84 Å². The molecule has 0 radical (unpaired) electrons. The molecule has 110 valence electrons. The zero-order valence-electron chi connectivity index (χ0n) is 10.5. The number of aliphatic hydroxyl groups is 3. The van der Waals surface area contributed by atoms with Gasteiger partial charge in [0.2, 0.25) is 0 Å². The number of carbonyl (C=O) groups is 1. The molecule has 20 heavy (non-hydrogen) atoms. The quantitative estimate of drug-likeness (QED) is 0.467. The zero-order valence-corrected chi connectivity index (χ0v) is 10.5. The fourth-order valence-corrected chi connectivity index (χ4v) is 2.22. The van der Waals surface area contributed by atoms with Crippen LogP contribution in [0.2, 0.25) is 0 Å². The summed E-state index contributed by atoms with van der Waals surface area (Å²) in [6, 6.07) is 1.02. The van der Waals surface area contributed by atoms with E-state index in [0.717, 1.165) is 23.8 Å². The van der Waals surface area contributed by atoms with Crippen molar-refractivity contribution in [3.05, 3.63) is 33.1 Å². The lowest BCUT2D eigenvalue weighted by molar-refractivity contribution is -0.152. The lowest BCUT2D eigenvalue weighted by Gasteiger charge is -2.27. The monoisotopic (exact) mass is 286 g/mol. The molecule has 2 heterocycles. The summed E-state index contributed by atoms with van der Waals surface area (Å²) in [6.45, 7) is 0.314. The topological polar surface area (TPSA) is 142 Å². The first-order valence-corrected chi connectivity index (χ1v) is 5.81. The van der Waals surface area contributed by atoms with Crippen molar-refractivity contribution in [1.29, 1.82) is 0 Å². The molecule has 1 saturated heterocycles. The molecule has 0 aromatic carbocycles. The number of ketones is 1. The van der Waals surface area contributed by atoms with Crippen LogP contribution in [0.15, 0.2) is 21.9 Å². The van der Waals surface area contributed by atoms with E-state index in [1.54, 1.807) is 0 Å². The summed E-state index contributed by atoms with van der Waals surface area (Å²) in [5, 5.41) is 29.4. The van der Waals surface area contributed by atoms with Gasteiger partial charge in [-0.25, -0.2) is 4.79 Å². The Morgan fingerprint density at radius 1 is 1.55 bits per heavy atom. The molecule has 4 N–H and O–H groups in total. The van der Waals surface area contributed by atoms with Crippen molar-refractivity contribution >= 4 is 5.78 Å². The van der Waals surface area contributed by atoms with Crippen molar-refractivity contribution in [2.45, 2.75) is 31.0 Å². The molecule has 9 heteroatoms. The molecule has 1 aromatic rings. The second-order valence-electron chi connectivity index (χ2n) is 4.54. The first-order valence-electron chi connectivity index (χ1n) is 5.81. The van der Waals surface area contributed by atoms with Gasteiger partial charge in [-0.2, -0.15) is 0 Å². The average molecular weight is 286 g/mol. The van der Waals surface area contributed by atoms with Crippen LogP contribution >= 0.6 is 0 Å². The second-order valence-corrected chi connectivity index (χ2v) is 4.54. The van der Waals surface area contributed by atoms with E-state index in [1.165, 1.54) is 0 Å². The van der Waals surface area contributed by atoms with Crippen molar-refractivity contribution in [3.63, 3.8) is 0 Å². The maximum Gasteiger partial charge on any atom is 0.330 e. The average Bonchev–Trinajstić information content (AvgIpc) is 2.64. The van der Waals surface area contributed by atoms with E-state index in [2.05, 4.69) is 0 Å². The Bertz CT molecular complexity index is 636. The van der Waals surface area contributed by atoms with Crippen LogP contribution in [-0.2, 0) is 9.53 Å². The highest BCUT2D eigenvalue weighted by Gasteiger charge is 2.59. The number of ether oxygens (including phenoxy) is 1. The third kappa shape index (κ3) is 2.00. The molecule has 0 aliphatic carbocycles. The molecule has 0 amide bonds. The molecule has 0 spiro atoms. The molecule has 1 aliphatic heterocycles. The number of aromatic amines is 1. The molecule has 0 unspecified atom stereocenters. The Morgan fingerprint density at radius 3 is 2.65 bits per heavy atom. The third-order valence-electron chi connectivity index (χ3n) is 3.37. The molecular weight excluding hydrogens is 272 g/mol. The normalized spacial score (nSPS) is 33.3. The van der Waals surface area contributed by atoms with Gasteiger partial charge in [0.1, 0.15) is 12.2 Å². The molecule has 0 bridgehead atoms. The van der Waals surface area contributed by atoms with Crippen LogP contribution in [0.3, 0.4) is 0 Å². The van der Waals surface area contributed by atoms with Gasteiger partial charge >= 0.3 is 5.69 Å². The fraction of sp³-hybridized carbons (Fsp3) is 0.545. The Balaban J connectivity index is 2.48. The van der Waals surface area contributed by atoms with Crippen LogP contribution < -0.4 is 11.2 Å². The number of carbonyl (C=O) groups excluding carboxylic acids is 1. The van der Waals surface area contributed by atoms with Crippen molar-refractivity contribution in [3.8, 4) is 0 Å². The number of nitrogens with zero attached hydrogens (tertiary/aromatic N) is 1. The maximum absolute atomic E-state index is 11.6. The van der Waals surface area contributed by atoms with Crippen LogP contribution in [0.4, 0.5) is 0 Å². The highest BCUT2D eigenvalue weighted by molar-refractivity contribution is 5.86.